The standard InChI is InChI=1S/C23H31Cl2N7O4S/c1-30-9-11-31(12-10-30)13-14-37(35,36)32-7-5-16(6-8-32)27-23(34)21-19(15-26-29-21)28-22(33)20-17(24)3-2-4-18(20)25/h2-4,15-16H,5-14H2,1H3,(H,26,29)(H,27,34)(H,28,33). The first-order chi connectivity index (χ1) is 17.6. The molecular weight excluding hydrogens is 541 g/mol. The lowest BCUT2D eigenvalue weighted by Gasteiger charge is -2.34. The first kappa shape index (κ1) is 27.8. The summed E-state index contributed by atoms with van der Waals surface area (Å²) in [5.41, 5.74) is 0.362. The number of hydrogen-bond acceptors (Lipinski definition) is 7. The van der Waals surface area contributed by atoms with Crippen LogP contribution in [0.5, 0.6) is 0 Å². The Bertz CT molecular complexity index is 1200. The predicted octanol–water partition coefficient (Wildman–Crippen LogP) is 1.74. The molecule has 2 aromatic rings. The first-order valence-corrected chi connectivity index (χ1v) is 14.5. The second-order valence-corrected chi connectivity index (χ2v) is 12.2. The molecule has 0 aliphatic carbocycles. The molecule has 1 aromatic heterocycles. The number of carbonyl (C=O) groups is 2. The van der Waals surface area contributed by atoms with E-state index in [0.717, 1.165) is 26.2 Å². The van der Waals surface area contributed by atoms with Crippen molar-refractivity contribution in [2.75, 3.05) is 63.9 Å². The zero-order valence-corrected chi connectivity index (χ0v) is 22.9. The molecule has 1 aromatic carbocycles. The molecule has 2 saturated heterocycles. The van der Waals surface area contributed by atoms with E-state index in [-0.39, 0.29) is 38.8 Å². The Balaban J connectivity index is 1.28. The number of likely N-dealkylation sites (N-methyl/N-ethyl adjacent to an activating group) is 1. The van der Waals surface area contributed by atoms with Crippen LogP contribution in [0.2, 0.25) is 10.0 Å². The molecule has 3 heterocycles. The fourth-order valence-corrected chi connectivity index (χ4v) is 6.52. The normalized spacial score (nSPS) is 18.6. The van der Waals surface area contributed by atoms with Crippen LogP contribution >= 0.6 is 23.2 Å². The number of nitrogens with one attached hydrogen (secondary N) is 3. The fourth-order valence-electron chi connectivity index (χ4n) is 4.43. The highest BCUT2D eigenvalue weighted by molar-refractivity contribution is 7.89. The van der Waals surface area contributed by atoms with Crippen molar-refractivity contribution < 1.29 is 18.0 Å². The van der Waals surface area contributed by atoms with E-state index in [1.54, 1.807) is 18.2 Å². The Morgan fingerprint density at radius 1 is 1.05 bits per heavy atom. The van der Waals surface area contributed by atoms with Gasteiger partial charge in [0, 0.05) is 51.9 Å². The number of halogens is 2. The van der Waals surface area contributed by atoms with Crippen molar-refractivity contribution in [2.24, 2.45) is 0 Å². The van der Waals surface area contributed by atoms with Gasteiger partial charge in [-0.15, -0.1) is 0 Å². The van der Waals surface area contributed by atoms with Gasteiger partial charge in [-0.05, 0) is 32.0 Å². The third-order valence-electron chi connectivity index (χ3n) is 6.75. The lowest BCUT2D eigenvalue weighted by atomic mass is 10.1. The summed E-state index contributed by atoms with van der Waals surface area (Å²) in [6, 6.07) is 4.51. The molecule has 2 fully saturated rings. The largest absolute Gasteiger partial charge is 0.348 e. The van der Waals surface area contributed by atoms with Crippen LogP contribution in [0.15, 0.2) is 24.4 Å². The van der Waals surface area contributed by atoms with Crippen molar-refractivity contribution in [1.29, 1.82) is 0 Å². The molecule has 0 radical (unpaired) electrons. The molecule has 0 atom stereocenters. The summed E-state index contributed by atoms with van der Waals surface area (Å²) in [5, 5.41) is 12.4. The Labute approximate surface area is 226 Å². The quantitative estimate of drug-likeness (QED) is 0.439. The van der Waals surface area contributed by atoms with Crippen LogP contribution in [0, 0.1) is 0 Å². The van der Waals surface area contributed by atoms with Crippen LogP contribution in [-0.4, -0.2) is 109 Å². The molecule has 0 saturated carbocycles. The zero-order chi connectivity index (χ0) is 26.6. The summed E-state index contributed by atoms with van der Waals surface area (Å²) in [5.74, 6) is -0.920. The third-order valence-corrected chi connectivity index (χ3v) is 9.23. The van der Waals surface area contributed by atoms with Gasteiger partial charge in [-0.1, -0.05) is 29.3 Å². The fraction of sp³-hybridized carbons (Fsp3) is 0.522. The molecule has 0 bridgehead atoms. The number of piperazine rings is 1. The van der Waals surface area contributed by atoms with E-state index >= 15 is 0 Å². The minimum atomic E-state index is -3.36. The molecule has 2 aliphatic rings. The van der Waals surface area contributed by atoms with Gasteiger partial charge in [-0.2, -0.15) is 5.10 Å². The number of carbonyl (C=O) groups excluding carboxylic acids is 2. The molecule has 11 nitrogen and oxygen atoms in total. The van der Waals surface area contributed by atoms with Crippen LogP contribution in [0.25, 0.3) is 0 Å². The van der Waals surface area contributed by atoms with E-state index in [2.05, 4.69) is 37.7 Å². The number of anilines is 1. The number of aromatic amines is 1. The Hall–Kier alpha value is -2.22. The number of sulfonamides is 1. The summed E-state index contributed by atoms with van der Waals surface area (Å²) < 4.78 is 27.2. The SMILES string of the molecule is CN1CCN(CCS(=O)(=O)N2CCC(NC(=O)c3[nH]ncc3NC(=O)c3c(Cl)cccc3Cl)CC2)CC1. The van der Waals surface area contributed by atoms with Gasteiger partial charge in [0.25, 0.3) is 11.8 Å². The van der Waals surface area contributed by atoms with Crippen molar-refractivity contribution in [3.63, 3.8) is 0 Å². The van der Waals surface area contributed by atoms with Crippen LogP contribution < -0.4 is 10.6 Å². The van der Waals surface area contributed by atoms with Crippen molar-refractivity contribution in [3.05, 3.63) is 45.7 Å². The number of nitrogens with zero attached hydrogens (tertiary/aromatic N) is 4. The average Bonchev–Trinajstić information content (AvgIpc) is 3.32. The summed E-state index contributed by atoms with van der Waals surface area (Å²) in [6.45, 7) is 4.85. The lowest BCUT2D eigenvalue weighted by molar-refractivity contribution is 0.0919. The number of H-pyrrole nitrogens is 1. The van der Waals surface area contributed by atoms with Gasteiger partial charge in [0.1, 0.15) is 5.69 Å². The Morgan fingerprint density at radius 2 is 1.70 bits per heavy atom. The third kappa shape index (κ3) is 7.01. The number of benzene rings is 1. The molecule has 3 N–H and O–H groups in total. The summed E-state index contributed by atoms with van der Waals surface area (Å²) in [7, 11) is -1.30. The molecule has 37 heavy (non-hydrogen) atoms. The number of rotatable bonds is 8. The van der Waals surface area contributed by atoms with Gasteiger partial charge in [-0.3, -0.25) is 19.6 Å². The number of amides is 2. The summed E-state index contributed by atoms with van der Waals surface area (Å²) >= 11 is 12.2. The molecule has 14 heteroatoms. The summed E-state index contributed by atoms with van der Waals surface area (Å²) in [6.07, 6.45) is 2.31. The second kappa shape index (κ2) is 12.1. The highest BCUT2D eigenvalue weighted by atomic mass is 35.5. The highest BCUT2D eigenvalue weighted by Gasteiger charge is 2.30. The first-order valence-electron chi connectivity index (χ1n) is 12.1. The van der Waals surface area contributed by atoms with Gasteiger partial charge in [0.2, 0.25) is 10.0 Å². The monoisotopic (exact) mass is 571 g/mol. The van der Waals surface area contributed by atoms with E-state index in [1.165, 1.54) is 10.5 Å². The molecule has 0 spiro atoms. The van der Waals surface area contributed by atoms with Gasteiger partial charge in [0.05, 0.1) is 33.2 Å². The number of aromatic nitrogens is 2. The van der Waals surface area contributed by atoms with E-state index in [0.29, 0.717) is 32.5 Å². The van der Waals surface area contributed by atoms with Gasteiger partial charge < -0.3 is 15.5 Å². The topological polar surface area (TPSA) is 131 Å². The predicted molar refractivity (Wildman–Crippen MR) is 143 cm³/mol. The van der Waals surface area contributed by atoms with Crippen molar-refractivity contribution in [3.8, 4) is 0 Å². The van der Waals surface area contributed by atoms with Crippen LogP contribution in [0.3, 0.4) is 0 Å². The molecule has 202 valence electrons. The molecule has 0 unspecified atom stereocenters. The van der Waals surface area contributed by atoms with Gasteiger partial charge in [-0.25, -0.2) is 12.7 Å². The van der Waals surface area contributed by atoms with Gasteiger partial charge >= 0.3 is 0 Å². The van der Waals surface area contributed by atoms with Crippen molar-refractivity contribution in [2.45, 2.75) is 18.9 Å². The van der Waals surface area contributed by atoms with Gasteiger partial charge in [0.15, 0.2) is 0 Å². The molecule has 4 rings (SSSR count). The number of hydrogen-bond donors (Lipinski definition) is 3. The van der Waals surface area contributed by atoms with E-state index in [9.17, 15) is 18.0 Å². The molecule has 2 aliphatic heterocycles. The van der Waals surface area contributed by atoms with E-state index in [1.807, 2.05) is 0 Å². The molecular formula is C23H31Cl2N7O4S. The number of piperidine rings is 1. The molecule has 2 amide bonds. The van der Waals surface area contributed by atoms with Crippen LogP contribution in [-0.2, 0) is 10.0 Å². The van der Waals surface area contributed by atoms with E-state index in [4.69, 9.17) is 23.2 Å². The van der Waals surface area contributed by atoms with Crippen molar-refractivity contribution in [1.82, 2.24) is 29.6 Å². The maximum Gasteiger partial charge on any atom is 0.271 e. The van der Waals surface area contributed by atoms with Crippen molar-refractivity contribution >= 4 is 50.7 Å². The average molecular weight is 573 g/mol. The summed E-state index contributed by atoms with van der Waals surface area (Å²) in [4.78, 5) is 30.0. The Kier molecular flexibility index (Phi) is 9.09. The van der Waals surface area contributed by atoms with E-state index < -0.39 is 21.8 Å². The maximum atomic E-state index is 12.9. The minimum absolute atomic E-state index is 0.0822. The zero-order valence-electron chi connectivity index (χ0n) is 20.5. The van der Waals surface area contributed by atoms with Crippen LogP contribution in [0.4, 0.5) is 5.69 Å². The Morgan fingerprint density at radius 3 is 2.35 bits per heavy atom. The second-order valence-electron chi connectivity index (χ2n) is 9.32. The maximum absolute atomic E-state index is 12.9. The van der Waals surface area contributed by atoms with Crippen LogP contribution in [0.1, 0.15) is 33.7 Å². The highest BCUT2D eigenvalue weighted by Crippen LogP contribution is 2.26. The smallest absolute Gasteiger partial charge is 0.271 e. The lowest BCUT2D eigenvalue weighted by Crippen LogP contribution is -2.49. The minimum Gasteiger partial charge on any atom is -0.348 e.